The highest BCUT2D eigenvalue weighted by Gasteiger charge is 2.38. The van der Waals surface area contributed by atoms with Crippen LogP contribution in [0.25, 0.3) is 0 Å². The van der Waals surface area contributed by atoms with Gasteiger partial charge in [0.05, 0.1) is 18.8 Å². The van der Waals surface area contributed by atoms with Crippen LogP contribution in [0.15, 0.2) is 0 Å². The van der Waals surface area contributed by atoms with Crippen LogP contribution in [0.3, 0.4) is 0 Å². The largest absolute Gasteiger partial charge is 0.387 e. The van der Waals surface area contributed by atoms with Gasteiger partial charge in [-0.1, -0.05) is 26.7 Å². The number of ether oxygens (including phenoxy) is 1. The van der Waals surface area contributed by atoms with Crippen LogP contribution in [-0.4, -0.2) is 60.9 Å². The summed E-state index contributed by atoms with van der Waals surface area (Å²) in [7, 11) is 0. The summed E-state index contributed by atoms with van der Waals surface area (Å²) >= 11 is 0. The Bertz CT molecular complexity index is 370. The van der Waals surface area contributed by atoms with Gasteiger partial charge >= 0.3 is 0 Å². The van der Waals surface area contributed by atoms with Gasteiger partial charge in [0, 0.05) is 31.6 Å². The Morgan fingerprint density at radius 2 is 1.82 bits per heavy atom. The summed E-state index contributed by atoms with van der Waals surface area (Å²) in [5.74, 6) is 0.540. The number of aliphatic hydroxyl groups is 1. The average molecular weight is 312 g/mol. The van der Waals surface area contributed by atoms with Gasteiger partial charge in [0.1, 0.15) is 0 Å². The van der Waals surface area contributed by atoms with Gasteiger partial charge in [0.15, 0.2) is 0 Å². The third-order valence-electron chi connectivity index (χ3n) is 5.26. The highest BCUT2D eigenvalue weighted by Crippen LogP contribution is 2.39. The number of hydrogen-bond donors (Lipinski definition) is 2. The first kappa shape index (κ1) is 17.7. The molecule has 1 saturated heterocycles. The number of nitrogens with one attached hydrogen (secondary N) is 1. The van der Waals surface area contributed by atoms with Crippen molar-refractivity contribution < 1.29 is 14.6 Å². The van der Waals surface area contributed by atoms with E-state index in [1.54, 1.807) is 6.92 Å². The van der Waals surface area contributed by atoms with Gasteiger partial charge in [-0.3, -0.25) is 9.69 Å². The van der Waals surface area contributed by atoms with Gasteiger partial charge in [-0.15, -0.1) is 0 Å². The number of hydrogen-bond acceptors (Lipinski definition) is 4. The lowest BCUT2D eigenvalue weighted by Gasteiger charge is -2.35. The van der Waals surface area contributed by atoms with Crippen LogP contribution in [-0.2, 0) is 9.53 Å². The zero-order valence-electron chi connectivity index (χ0n) is 14.4. The molecule has 2 fully saturated rings. The molecule has 2 N–H and O–H groups in total. The molecule has 0 aromatic heterocycles. The minimum Gasteiger partial charge on any atom is -0.387 e. The van der Waals surface area contributed by atoms with E-state index in [0.717, 1.165) is 39.1 Å². The molecule has 5 nitrogen and oxygen atoms in total. The van der Waals surface area contributed by atoms with E-state index in [4.69, 9.17) is 4.74 Å². The van der Waals surface area contributed by atoms with Crippen molar-refractivity contribution in [2.75, 3.05) is 39.4 Å². The van der Waals surface area contributed by atoms with Gasteiger partial charge in [-0.25, -0.2) is 0 Å². The molecule has 5 heteroatoms. The van der Waals surface area contributed by atoms with Crippen LogP contribution in [0, 0.1) is 11.3 Å². The third kappa shape index (κ3) is 4.67. The maximum absolute atomic E-state index is 12.5. The van der Waals surface area contributed by atoms with Crippen molar-refractivity contribution in [3.63, 3.8) is 0 Å². The summed E-state index contributed by atoms with van der Waals surface area (Å²) in [4.78, 5) is 14.7. The molecule has 0 bridgehead atoms. The van der Waals surface area contributed by atoms with E-state index >= 15 is 0 Å². The standard InChI is InChI=1S/C17H32N2O3/c1-16(2,14-6-4-5-7-14)15(20)18-12-17(3,21)13-19-8-10-22-11-9-19/h14,21H,4-13H2,1-3H3,(H,18,20). The van der Waals surface area contributed by atoms with E-state index in [9.17, 15) is 9.90 Å². The normalized spacial score (nSPS) is 24.2. The van der Waals surface area contributed by atoms with Crippen LogP contribution >= 0.6 is 0 Å². The lowest BCUT2D eigenvalue weighted by molar-refractivity contribution is -0.133. The molecule has 0 aromatic rings. The number of nitrogens with zero attached hydrogens (tertiary/aromatic N) is 1. The van der Waals surface area contributed by atoms with E-state index in [2.05, 4.69) is 10.2 Å². The van der Waals surface area contributed by atoms with Crippen molar-refractivity contribution in [2.45, 2.75) is 52.1 Å². The molecule has 2 aliphatic rings. The lowest BCUT2D eigenvalue weighted by atomic mass is 9.77. The van der Waals surface area contributed by atoms with Crippen molar-refractivity contribution in [1.29, 1.82) is 0 Å². The summed E-state index contributed by atoms with van der Waals surface area (Å²) in [6.07, 6.45) is 4.75. The fourth-order valence-electron chi connectivity index (χ4n) is 3.63. The minimum atomic E-state index is -0.904. The monoisotopic (exact) mass is 312 g/mol. The Hall–Kier alpha value is -0.650. The molecule has 22 heavy (non-hydrogen) atoms. The molecule has 0 radical (unpaired) electrons. The van der Waals surface area contributed by atoms with Crippen LogP contribution in [0.5, 0.6) is 0 Å². The second-order valence-corrected chi connectivity index (χ2v) is 7.77. The van der Waals surface area contributed by atoms with Crippen LogP contribution < -0.4 is 5.32 Å². The Balaban J connectivity index is 1.80. The Kier molecular flexibility index (Phi) is 5.86. The molecule has 1 unspecified atom stereocenters. The molecule has 0 aromatic carbocycles. The van der Waals surface area contributed by atoms with Crippen molar-refractivity contribution in [3.8, 4) is 0 Å². The highest BCUT2D eigenvalue weighted by molar-refractivity contribution is 5.82. The van der Waals surface area contributed by atoms with E-state index in [1.807, 2.05) is 13.8 Å². The third-order valence-corrected chi connectivity index (χ3v) is 5.26. The number of carbonyl (C=O) groups excluding carboxylic acids is 1. The maximum atomic E-state index is 12.5. The number of β-amino-alcohol motifs (C(OH)–C–C–N with tert-alkyl or cyclic N) is 1. The Morgan fingerprint density at radius 3 is 2.41 bits per heavy atom. The number of morpholine rings is 1. The number of carbonyl (C=O) groups is 1. The first-order valence-electron chi connectivity index (χ1n) is 8.62. The first-order valence-corrected chi connectivity index (χ1v) is 8.62. The Morgan fingerprint density at radius 1 is 1.23 bits per heavy atom. The van der Waals surface area contributed by atoms with Crippen molar-refractivity contribution in [1.82, 2.24) is 10.2 Å². The fourth-order valence-corrected chi connectivity index (χ4v) is 3.63. The van der Waals surface area contributed by atoms with E-state index < -0.39 is 5.60 Å². The molecule has 1 aliphatic carbocycles. The summed E-state index contributed by atoms with van der Waals surface area (Å²) < 4.78 is 5.32. The van der Waals surface area contributed by atoms with Gasteiger partial charge in [-0.05, 0) is 25.7 Å². The lowest BCUT2D eigenvalue weighted by Crippen LogP contribution is -2.53. The number of amides is 1. The second kappa shape index (κ2) is 7.28. The van der Waals surface area contributed by atoms with Gasteiger partial charge in [0.25, 0.3) is 0 Å². The molecule has 0 spiro atoms. The summed E-state index contributed by atoms with van der Waals surface area (Å²) in [5, 5.41) is 13.5. The SMILES string of the molecule is CC(O)(CNC(=O)C(C)(C)C1CCCC1)CN1CCOCC1. The van der Waals surface area contributed by atoms with Crippen molar-refractivity contribution in [3.05, 3.63) is 0 Å². The average Bonchev–Trinajstić information content (AvgIpc) is 3.00. The predicted molar refractivity (Wildman–Crippen MR) is 86.6 cm³/mol. The van der Waals surface area contributed by atoms with Crippen LogP contribution in [0.1, 0.15) is 46.5 Å². The fraction of sp³-hybridized carbons (Fsp3) is 0.941. The topological polar surface area (TPSA) is 61.8 Å². The van der Waals surface area contributed by atoms with Gasteiger partial charge in [0.2, 0.25) is 5.91 Å². The molecule has 1 aliphatic heterocycles. The van der Waals surface area contributed by atoms with Crippen LogP contribution in [0.2, 0.25) is 0 Å². The van der Waals surface area contributed by atoms with E-state index in [0.29, 0.717) is 19.0 Å². The Labute approximate surface area is 134 Å². The molecule has 1 atom stereocenters. The van der Waals surface area contributed by atoms with Crippen molar-refractivity contribution >= 4 is 5.91 Å². The molecular weight excluding hydrogens is 280 g/mol. The predicted octanol–water partition coefficient (Wildman–Crippen LogP) is 1.40. The first-order chi connectivity index (χ1) is 10.3. The van der Waals surface area contributed by atoms with Crippen molar-refractivity contribution in [2.24, 2.45) is 11.3 Å². The molecule has 1 heterocycles. The minimum absolute atomic E-state index is 0.0710. The highest BCUT2D eigenvalue weighted by atomic mass is 16.5. The van der Waals surface area contributed by atoms with E-state index in [-0.39, 0.29) is 11.3 Å². The van der Waals surface area contributed by atoms with Gasteiger partial charge < -0.3 is 15.2 Å². The summed E-state index contributed by atoms with van der Waals surface area (Å²) in [5.41, 5.74) is -1.25. The second-order valence-electron chi connectivity index (χ2n) is 7.77. The molecule has 2 rings (SSSR count). The molecule has 1 amide bonds. The van der Waals surface area contributed by atoms with Gasteiger partial charge in [-0.2, -0.15) is 0 Å². The maximum Gasteiger partial charge on any atom is 0.226 e. The molecule has 128 valence electrons. The molecule has 1 saturated carbocycles. The summed E-state index contributed by atoms with van der Waals surface area (Å²) in [6.45, 7) is 9.87. The van der Waals surface area contributed by atoms with Crippen LogP contribution in [0.4, 0.5) is 0 Å². The quantitative estimate of drug-likeness (QED) is 0.778. The zero-order chi connectivity index (χ0) is 16.2. The summed E-state index contributed by atoms with van der Waals surface area (Å²) in [6, 6.07) is 0. The smallest absolute Gasteiger partial charge is 0.226 e. The molecular formula is C17H32N2O3. The number of rotatable bonds is 6. The van der Waals surface area contributed by atoms with E-state index in [1.165, 1.54) is 12.8 Å². The zero-order valence-corrected chi connectivity index (χ0v) is 14.4.